The molecular formula is C16H29N3. The summed E-state index contributed by atoms with van der Waals surface area (Å²) in [5, 5.41) is 3.46. The third-order valence-electron chi connectivity index (χ3n) is 3.52. The molecule has 0 aromatic carbocycles. The van der Waals surface area contributed by atoms with Crippen LogP contribution in [-0.4, -0.2) is 25.1 Å². The number of rotatable bonds is 9. The molecule has 1 N–H and O–H groups in total. The Morgan fingerprint density at radius 2 is 2.00 bits per heavy atom. The minimum absolute atomic E-state index is 0.379. The predicted molar refractivity (Wildman–Crippen MR) is 83.7 cm³/mol. The number of unbranched alkanes of at least 4 members (excludes halogenated alkanes) is 2. The molecule has 1 aromatic rings. The van der Waals surface area contributed by atoms with Gasteiger partial charge >= 0.3 is 0 Å². The molecule has 1 rings (SSSR count). The fraction of sp³-hybridized carbons (Fsp3) is 0.688. The van der Waals surface area contributed by atoms with Crippen molar-refractivity contribution in [3.63, 3.8) is 0 Å². The zero-order valence-electron chi connectivity index (χ0n) is 12.9. The lowest BCUT2D eigenvalue weighted by Gasteiger charge is -2.20. The first kappa shape index (κ1) is 16.0. The van der Waals surface area contributed by atoms with E-state index in [1.165, 1.54) is 24.9 Å². The molecule has 19 heavy (non-hydrogen) atoms. The van der Waals surface area contributed by atoms with Crippen molar-refractivity contribution in [3.8, 4) is 0 Å². The smallest absolute Gasteiger partial charge is 0.0574 e. The Labute approximate surface area is 118 Å². The Bertz CT molecular complexity index is 334. The Kier molecular flexibility index (Phi) is 7.49. The number of anilines is 1. The van der Waals surface area contributed by atoms with Crippen LogP contribution in [0, 0.1) is 0 Å². The van der Waals surface area contributed by atoms with Crippen LogP contribution in [0.2, 0.25) is 0 Å². The fourth-order valence-electron chi connectivity index (χ4n) is 2.26. The van der Waals surface area contributed by atoms with Gasteiger partial charge in [-0.15, -0.1) is 0 Å². The normalized spacial score (nSPS) is 12.4. The van der Waals surface area contributed by atoms with Gasteiger partial charge < -0.3 is 10.2 Å². The van der Waals surface area contributed by atoms with Gasteiger partial charge in [0.1, 0.15) is 0 Å². The molecule has 0 aliphatic carbocycles. The zero-order chi connectivity index (χ0) is 14.1. The monoisotopic (exact) mass is 263 g/mol. The van der Waals surface area contributed by atoms with E-state index in [1.54, 1.807) is 0 Å². The summed E-state index contributed by atoms with van der Waals surface area (Å²) in [7, 11) is 2.15. The highest BCUT2D eigenvalue weighted by Crippen LogP contribution is 2.18. The second-order valence-electron chi connectivity index (χ2n) is 5.09. The molecular weight excluding hydrogens is 234 g/mol. The minimum Gasteiger partial charge on any atom is -0.373 e. The second kappa shape index (κ2) is 8.92. The van der Waals surface area contributed by atoms with Crippen molar-refractivity contribution < 1.29 is 0 Å². The second-order valence-corrected chi connectivity index (χ2v) is 5.09. The maximum Gasteiger partial charge on any atom is 0.0574 e. The van der Waals surface area contributed by atoms with E-state index < -0.39 is 0 Å². The van der Waals surface area contributed by atoms with Gasteiger partial charge in [-0.3, -0.25) is 4.98 Å². The van der Waals surface area contributed by atoms with Gasteiger partial charge in [-0.1, -0.05) is 33.6 Å². The predicted octanol–water partition coefficient (Wildman–Crippen LogP) is 3.77. The maximum atomic E-state index is 4.61. The first-order valence-corrected chi connectivity index (χ1v) is 7.63. The van der Waals surface area contributed by atoms with Gasteiger partial charge in [0.2, 0.25) is 0 Å². The van der Waals surface area contributed by atoms with E-state index in [-0.39, 0.29) is 0 Å². The highest BCUT2D eigenvalue weighted by Gasteiger charge is 2.09. The van der Waals surface area contributed by atoms with Crippen LogP contribution in [0.25, 0.3) is 0 Å². The summed E-state index contributed by atoms with van der Waals surface area (Å²) in [6.07, 6.45) is 6.90. The van der Waals surface area contributed by atoms with Crippen LogP contribution in [0.5, 0.6) is 0 Å². The molecule has 0 fully saturated rings. The SMILES string of the molecule is CCCCCN(C)c1ccc(C(CC)NCC)nc1. The van der Waals surface area contributed by atoms with Gasteiger partial charge in [-0.2, -0.15) is 0 Å². The Morgan fingerprint density at radius 3 is 2.53 bits per heavy atom. The van der Waals surface area contributed by atoms with Crippen molar-refractivity contribution in [2.45, 2.75) is 52.5 Å². The largest absolute Gasteiger partial charge is 0.373 e. The molecule has 0 saturated heterocycles. The lowest BCUT2D eigenvalue weighted by atomic mass is 10.1. The minimum atomic E-state index is 0.379. The fourth-order valence-corrected chi connectivity index (χ4v) is 2.26. The number of pyridine rings is 1. The number of hydrogen-bond donors (Lipinski definition) is 1. The van der Waals surface area contributed by atoms with E-state index in [0.29, 0.717) is 6.04 Å². The van der Waals surface area contributed by atoms with Gasteiger partial charge in [0.25, 0.3) is 0 Å². The number of nitrogens with one attached hydrogen (secondary N) is 1. The molecule has 0 radical (unpaired) electrons. The summed E-state index contributed by atoms with van der Waals surface area (Å²) >= 11 is 0. The molecule has 0 aliphatic heterocycles. The van der Waals surface area contributed by atoms with Crippen molar-refractivity contribution in [3.05, 3.63) is 24.0 Å². The van der Waals surface area contributed by atoms with Gasteiger partial charge in [0.05, 0.1) is 17.6 Å². The molecule has 1 aromatic heterocycles. The number of aromatic nitrogens is 1. The van der Waals surface area contributed by atoms with E-state index >= 15 is 0 Å². The molecule has 108 valence electrons. The van der Waals surface area contributed by atoms with Crippen molar-refractivity contribution in [2.75, 3.05) is 25.0 Å². The van der Waals surface area contributed by atoms with Crippen LogP contribution in [0.15, 0.2) is 18.3 Å². The Morgan fingerprint density at radius 1 is 1.21 bits per heavy atom. The first-order chi connectivity index (χ1) is 9.22. The highest BCUT2D eigenvalue weighted by atomic mass is 15.1. The molecule has 1 atom stereocenters. The lowest BCUT2D eigenvalue weighted by Crippen LogP contribution is -2.22. The van der Waals surface area contributed by atoms with Crippen LogP contribution in [0.1, 0.15) is 58.2 Å². The van der Waals surface area contributed by atoms with Crippen LogP contribution in [0.4, 0.5) is 5.69 Å². The summed E-state index contributed by atoms with van der Waals surface area (Å²) in [4.78, 5) is 6.91. The van der Waals surface area contributed by atoms with Crippen molar-refractivity contribution in [1.82, 2.24) is 10.3 Å². The van der Waals surface area contributed by atoms with Gasteiger partial charge in [0, 0.05) is 19.6 Å². The summed E-state index contributed by atoms with van der Waals surface area (Å²) in [6.45, 7) is 8.67. The van der Waals surface area contributed by atoms with Gasteiger partial charge in [-0.25, -0.2) is 0 Å². The van der Waals surface area contributed by atoms with Gasteiger partial charge in [0.15, 0.2) is 0 Å². The number of nitrogens with zero attached hydrogens (tertiary/aromatic N) is 2. The molecule has 3 heteroatoms. The van der Waals surface area contributed by atoms with E-state index in [2.05, 4.69) is 55.2 Å². The molecule has 0 spiro atoms. The third kappa shape index (κ3) is 5.19. The molecule has 0 amide bonds. The van der Waals surface area contributed by atoms with Crippen LogP contribution < -0.4 is 10.2 Å². The zero-order valence-corrected chi connectivity index (χ0v) is 12.9. The standard InChI is InChI=1S/C16H29N3/c1-5-8-9-12-19(4)14-10-11-16(18-13-14)15(6-2)17-7-3/h10-11,13,15,17H,5-9,12H2,1-4H3. The Balaban J connectivity index is 2.59. The summed E-state index contributed by atoms with van der Waals surface area (Å²) in [5.74, 6) is 0. The number of hydrogen-bond acceptors (Lipinski definition) is 3. The van der Waals surface area contributed by atoms with Crippen molar-refractivity contribution >= 4 is 5.69 Å². The third-order valence-corrected chi connectivity index (χ3v) is 3.52. The van der Waals surface area contributed by atoms with Crippen LogP contribution >= 0.6 is 0 Å². The summed E-state index contributed by atoms with van der Waals surface area (Å²) in [5.41, 5.74) is 2.36. The average Bonchev–Trinajstić information content (AvgIpc) is 2.45. The molecule has 0 aliphatic rings. The van der Waals surface area contributed by atoms with E-state index in [1.807, 2.05) is 6.20 Å². The highest BCUT2D eigenvalue weighted by molar-refractivity contribution is 5.43. The van der Waals surface area contributed by atoms with E-state index in [4.69, 9.17) is 0 Å². The summed E-state index contributed by atoms with van der Waals surface area (Å²) in [6, 6.07) is 4.72. The topological polar surface area (TPSA) is 28.2 Å². The average molecular weight is 263 g/mol. The van der Waals surface area contributed by atoms with Crippen molar-refractivity contribution in [2.24, 2.45) is 0 Å². The maximum absolute atomic E-state index is 4.61. The molecule has 1 heterocycles. The Hall–Kier alpha value is -1.09. The van der Waals surface area contributed by atoms with Crippen molar-refractivity contribution in [1.29, 1.82) is 0 Å². The molecule has 0 bridgehead atoms. The molecule has 1 unspecified atom stereocenters. The van der Waals surface area contributed by atoms with Gasteiger partial charge in [-0.05, 0) is 31.5 Å². The lowest BCUT2D eigenvalue weighted by molar-refractivity contribution is 0.525. The first-order valence-electron chi connectivity index (χ1n) is 7.63. The summed E-state index contributed by atoms with van der Waals surface area (Å²) < 4.78 is 0. The van der Waals surface area contributed by atoms with Crippen LogP contribution in [-0.2, 0) is 0 Å². The van der Waals surface area contributed by atoms with Crippen LogP contribution in [0.3, 0.4) is 0 Å². The van der Waals surface area contributed by atoms with E-state index in [9.17, 15) is 0 Å². The molecule has 0 saturated carbocycles. The molecule has 3 nitrogen and oxygen atoms in total. The quantitative estimate of drug-likeness (QED) is 0.687. The van der Waals surface area contributed by atoms with E-state index in [0.717, 1.165) is 25.2 Å².